The second-order valence-electron chi connectivity index (χ2n) is 5.81. The van der Waals surface area contributed by atoms with Gasteiger partial charge in [-0.2, -0.15) is 5.10 Å². The zero-order valence-electron chi connectivity index (χ0n) is 13.7. The first-order valence-corrected chi connectivity index (χ1v) is 7.28. The Bertz CT molecular complexity index is 743. The van der Waals surface area contributed by atoms with Crippen LogP contribution in [-0.2, 0) is 12.1 Å². The Labute approximate surface area is 130 Å². The lowest BCUT2D eigenvalue weighted by Crippen LogP contribution is -2.33. The number of aromatic nitrogens is 2. The third-order valence-electron chi connectivity index (χ3n) is 3.62. The van der Waals surface area contributed by atoms with E-state index in [2.05, 4.69) is 5.10 Å². The molecule has 0 unspecified atom stereocenters. The van der Waals surface area contributed by atoms with E-state index in [-0.39, 0.29) is 5.56 Å². The van der Waals surface area contributed by atoms with E-state index in [4.69, 9.17) is 4.74 Å². The van der Waals surface area contributed by atoms with Gasteiger partial charge in [0.05, 0.1) is 24.0 Å². The predicted octanol–water partition coefficient (Wildman–Crippen LogP) is 2.47. The zero-order chi connectivity index (χ0) is 16.5. The number of aliphatic hydroxyl groups is 1. The molecule has 1 aromatic heterocycles. The highest BCUT2D eigenvalue weighted by molar-refractivity contribution is 5.62. The number of ether oxygens (including phenoxy) is 1. The molecule has 1 N–H and O–H groups in total. The summed E-state index contributed by atoms with van der Waals surface area (Å²) < 4.78 is 6.64. The lowest BCUT2D eigenvalue weighted by Gasteiger charge is -2.19. The number of benzene rings is 1. The van der Waals surface area contributed by atoms with Crippen LogP contribution in [0.15, 0.2) is 29.1 Å². The number of nitrogens with zero attached hydrogens (tertiary/aromatic N) is 2. The van der Waals surface area contributed by atoms with Crippen molar-refractivity contribution in [1.82, 2.24) is 9.78 Å². The molecule has 0 aliphatic carbocycles. The average molecular weight is 302 g/mol. The van der Waals surface area contributed by atoms with Crippen molar-refractivity contribution in [2.75, 3.05) is 7.11 Å². The van der Waals surface area contributed by atoms with Crippen LogP contribution in [0.4, 0.5) is 0 Å². The van der Waals surface area contributed by atoms with Gasteiger partial charge in [-0.1, -0.05) is 0 Å². The summed E-state index contributed by atoms with van der Waals surface area (Å²) in [5.41, 5.74) is 1.39. The van der Waals surface area contributed by atoms with E-state index in [1.807, 2.05) is 32.0 Å². The van der Waals surface area contributed by atoms with Crippen LogP contribution in [0.25, 0.3) is 11.3 Å². The van der Waals surface area contributed by atoms with E-state index in [9.17, 15) is 9.90 Å². The number of rotatable bonds is 4. The Balaban J connectivity index is 2.66. The van der Waals surface area contributed by atoms with Gasteiger partial charge in [-0.15, -0.1) is 0 Å². The van der Waals surface area contributed by atoms with Crippen LogP contribution in [0.1, 0.15) is 31.9 Å². The molecule has 0 amide bonds. The van der Waals surface area contributed by atoms with Crippen LogP contribution < -0.4 is 10.3 Å². The zero-order valence-corrected chi connectivity index (χ0v) is 13.7. The normalized spacial score (nSPS) is 11.5. The molecule has 0 saturated carbocycles. The van der Waals surface area contributed by atoms with E-state index >= 15 is 0 Å². The fraction of sp³-hybridized carbons (Fsp3) is 0.412. The summed E-state index contributed by atoms with van der Waals surface area (Å²) in [5, 5.41) is 14.6. The van der Waals surface area contributed by atoms with Gasteiger partial charge in [0.25, 0.3) is 5.56 Å². The lowest BCUT2D eigenvalue weighted by atomic mass is 9.98. The van der Waals surface area contributed by atoms with Crippen LogP contribution >= 0.6 is 0 Å². The second kappa shape index (κ2) is 5.93. The number of aryl methyl sites for hydroxylation is 2. The quantitative estimate of drug-likeness (QED) is 0.942. The Morgan fingerprint density at radius 1 is 1.32 bits per heavy atom. The van der Waals surface area contributed by atoms with Gasteiger partial charge in [-0.3, -0.25) is 4.79 Å². The highest BCUT2D eigenvalue weighted by Gasteiger charge is 2.23. The van der Waals surface area contributed by atoms with Gasteiger partial charge in [0, 0.05) is 12.1 Å². The molecule has 2 rings (SSSR count). The van der Waals surface area contributed by atoms with Gasteiger partial charge in [-0.25, -0.2) is 4.68 Å². The summed E-state index contributed by atoms with van der Waals surface area (Å²) in [6, 6.07) is 7.39. The Kier molecular flexibility index (Phi) is 4.37. The average Bonchev–Trinajstić information content (AvgIpc) is 2.46. The minimum Gasteiger partial charge on any atom is -0.496 e. The monoisotopic (exact) mass is 302 g/mol. The van der Waals surface area contributed by atoms with Crippen LogP contribution in [0, 0.1) is 6.92 Å². The van der Waals surface area contributed by atoms with Crippen LogP contribution in [-0.4, -0.2) is 22.0 Å². The fourth-order valence-electron chi connectivity index (χ4n) is 2.37. The van der Waals surface area contributed by atoms with Crippen molar-refractivity contribution in [3.05, 3.63) is 45.7 Å². The van der Waals surface area contributed by atoms with Crippen LogP contribution in [0.3, 0.4) is 0 Å². The maximum atomic E-state index is 12.3. The van der Waals surface area contributed by atoms with Crippen molar-refractivity contribution in [3.63, 3.8) is 0 Å². The van der Waals surface area contributed by atoms with Gasteiger partial charge in [0.15, 0.2) is 0 Å². The van der Waals surface area contributed by atoms with E-state index in [1.54, 1.807) is 27.0 Å². The van der Waals surface area contributed by atoms with Crippen molar-refractivity contribution >= 4 is 0 Å². The first kappa shape index (κ1) is 16.2. The van der Waals surface area contributed by atoms with E-state index < -0.39 is 5.60 Å². The summed E-state index contributed by atoms with van der Waals surface area (Å²) >= 11 is 0. The molecule has 0 aliphatic heterocycles. The van der Waals surface area contributed by atoms with Crippen molar-refractivity contribution in [2.45, 2.75) is 39.8 Å². The van der Waals surface area contributed by atoms with Gasteiger partial charge in [-0.05, 0) is 57.5 Å². The first-order valence-electron chi connectivity index (χ1n) is 7.28. The predicted molar refractivity (Wildman–Crippen MR) is 86.1 cm³/mol. The number of hydrogen-bond acceptors (Lipinski definition) is 4. The topological polar surface area (TPSA) is 64.3 Å². The molecular weight excluding hydrogens is 280 g/mol. The largest absolute Gasteiger partial charge is 0.496 e. The van der Waals surface area contributed by atoms with E-state index in [0.29, 0.717) is 17.8 Å². The number of hydrogen-bond donors (Lipinski definition) is 1. The highest BCUT2D eigenvalue weighted by atomic mass is 16.5. The molecule has 22 heavy (non-hydrogen) atoms. The summed E-state index contributed by atoms with van der Waals surface area (Å²) in [6.07, 6.45) is 0. The first-order chi connectivity index (χ1) is 10.3. The highest BCUT2D eigenvalue weighted by Crippen LogP contribution is 2.26. The molecular formula is C17H22N2O3. The summed E-state index contributed by atoms with van der Waals surface area (Å²) in [5.74, 6) is 0.801. The lowest BCUT2D eigenvalue weighted by molar-refractivity contribution is 0.0762. The number of methoxy groups -OCH3 is 1. The molecule has 0 atom stereocenters. The van der Waals surface area contributed by atoms with Gasteiger partial charge in [0.2, 0.25) is 0 Å². The smallest absolute Gasteiger partial charge is 0.272 e. The Morgan fingerprint density at radius 3 is 2.50 bits per heavy atom. The Morgan fingerprint density at radius 2 is 2.00 bits per heavy atom. The standard InChI is InChI=1S/C17H22N2O3/c1-6-19-16(20)13(17(3,4)21)10-14(18-19)12-7-8-15(22-5)11(2)9-12/h7-10,21H,6H2,1-5H3. The summed E-state index contributed by atoms with van der Waals surface area (Å²) in [6.45, 7) is 7.46. The van der Waals surface area contributed by atoms with Gasteiger partial charge >= 0.3 is 0 Å². The summed E-state index contributed by atoms with van der Waals surface area (Å²) in [7, 11) is 1.63. The molecule has 0 spiro atoms. The van der Waals surface area contributed by atoms with Gasteiger partial charge in [0.1, 0.15) is 5.75 Å². The maximum Gasteiger partial charge on any atom is 0.272 e. The van der Waals surface area contributed by atoms with Crippen LogP contribution in [0.2, 0.25) is 0 Å². The SMILES string of the molecule is CCn1nc(-c2ccc(OC)c(C)c2)cc(C(C)(C)O)c1=O. The molecule has 0 saturated heterocycles. The molecule has 5 nitrogen and oxygen atoms in total. The van der Waals surface area contributed by atoms with E-state index in [0.717, 1.165) is 16.9 Å². The molecule has 2 aromatic rings. The van der Waals surface area contributed by atoms with Crippen molar-refractivity contribution < 1.29 is 9.84 Å². The molecule has 0 bridgehead atoms. The molecule has 5 heteroatoms. The third-order valence-corrected chi connectivity index (χ3v) is 3.62. The van der Waals surface area contributed by atoms with Crippen molar-refractivity contribution in [2.24, 2.45) is 0 Å². The second-order valence-corrected chi connectivity index (χ2v) is 5.81. The van der Waals surface area contributed by atoms with Crippen molar-refractivity contribution in [1.29, 1.82) is 0 Å². The Hall–Kier alpha value is -2.14. The molecule has 1 heterocycles. The summed E-state index contributed by atoms with van der Waals surface area (Å²) in [4.78, 5) is 12.3. The molecule has 118 valence electrons. The van der Waals surface area contributed by atoms with Crippen LogP contribution in [0.5, 0.6) is 5.75 Å². The third kappa shape index (κ3) is 3.04. The molecule has 0 fully saturated rings. The maximum absolute atomic E-state index is 12.3. The molecule has 1 aromatic carbocycles. The molecule has 0 aliphatic rings. The van der Waals surface area contributed by atoms with Gasteiger partial charge < -0.3 is 9.84 Å². The molecule has 0 radical (unpaired) electrons. The van der Waals surface area contributed by atoms with E-state index in [1.165, 1.54) is 4.68 Å². The minimum atomic E-state index is -1.22. The minimum absolute atomic E-state index is 0.260. The fourth-order valence-corrected chi connectivity index (χ4v) is 2.37. The van der Waals surface area contributed by atoms with Crippen molar-refractivity contribution in [3.8, 4) is 17.0 Å².